The van der Waals surface area contributed by atoms with Gasteiger partial charge in [-0.25, -0.2) is 0 Å². The maximum atomic E-state index is 12.8. The molecule has 0 saturated carbocycles. The van der Waals surface area contributed by atoms with Gasteiger partial charge in [0.25, 0.3) is 0 Å². The van der Waals surface area contributed by atoms with Crippen molar-refractivity contribution in [3.8, 4) is 5.75 Å². The highest BCUT2D eigenvalue weighted by Crippen LogP contribution is 2.26. The molecule has 0 radical (unpaired) electrons. The van der Waals surface area contributed by atoms with Crippen LogP contribution in [0.5, 0.6) is 5.75 Å². The standard InChI is InChI=1S/C21H25NO7S/c1-3-27-19(23)13-18(22)20(21(24)28-14-15-7-5-4-6-8-15)16-9-11-17(12-10-16)29-30(2,25)26/h4-12,18,20H,3,13-14,22H2,1-2H3. The van der Waals surface area contributed by atoms with Crippen molar-refractivity contribution < 1.29 is 31.7 Å². The van der Waals surface area contributed by atoms with Crippen LogP contribution in [0.15, 0.2) is 54.6 Å². The predicted molar refractivity (Wildman–Crippen MR) is 110 cm³/mol. The summed E-state index contributed by atoms with van der Waals surface area (Å²) in [7, 11) is -3.68. The molecule has 0 aliphatic carbocycles. The van der Waals surface area contributed by atoms with Crippen LogP contribution >= 0.6 is 0 Å². The number of benzene rings is 2. The lowest BCUT2D eigenvalue weighted by atomic mass is 9.90. The normalized spacial score (nSPS) is 13.2. The molecule has 0 bridgehead atoms. The van der Waals surface area contributed by atoms with Gasteiger partial charge in [-0.15, -0.1) is 0 Å². The van der Waals surface area contributed by atoms with Crippen LogP contribution in [0.3, 0.4) is 0 Å². The zero-order chi connectivity index (χ0) is 22.1. The summed E-state index contributed by atoms with van der Waals surface area (Å²) in [5.41, 5.74) is 7.43. The largest absolute Gasteiger partial charge is 0.466 e. The fraction of sp³-hybridized carbons (Fsp3) is 0.333. The van der Waals surface area contributed by atoms with Gasteiger partial charge in [-0.2, -0.15) is 8.42 Å². The first-order chi connectivity index (χ1) is 14.2. The van der Waals surface area contributed by atoms with Crippen molar-refractivity contribution in [2.75, 3.05) is 12.9 Å². The molecule has 2 atom stereocenters. The van der Waals surface area contributed by atoms with Gasteiger partial charge in [0.05, 0.1) is 25.2 Å². The number of ether oxygens (including phenoxy) is 2. The minimum absolute atomic E-state index is 0.0531. The van der Waals surface area contributed by atoms with E-state index in [4.69, 9.17) is 19.4 Å². The van der Waals surface area contributed by atoms with Gasteiger partial charge in [-0.1, -0.05) is 42.5 Å². The zero-order valence-electron chi connectivity index (χ0n) is 16.8. The minimum Gasteiger partial charge on any atom is -0.466 e. The Hall–Kier alpha value is -2.91. The lowest BCUT2D eigenvalue weighted by Gasteiger charge is -2.22. The van der Waals surface area contributed by atoms with Crippen molar-refractivity contribution in [1.29, 1.82) is 0 Å². The highest BCUT2D eigenvalue weighted by Gasteiger charge is 2.31. The Labute approximate surface area is 176 Å². The molecule has 0 aromatic heterocycles. The van der Waals surface area contributed by atoms with E-state index >= 15 is 0 Å². The van der Waals surface area contributed by atoms with Crippen LogP contribution < -0.4 is 9.92 Å². The Morgan fingerprint density at radius 1 is 1.00 bits per heavy atom. The predicted octanol–water partition coefficient (Wildman–Crippen LogP) is 2.13. The van der Waals surface area contributed by atoms with Gasteiger partial charge in [0.15, 0.2) is 0 Å². The lowest BCUT2D eigenvalue weighted by Crippen LogP contribution is -2.37. The number of nitrogens with two attached hydrogens (primary N) is 1. The van der Waals surface area contributed by atoms with Crippen LogP contribution in [0.25, 0.3) is 0 Å². The van der Waals surface area contributed by atoms with E-state index < -0.39 is 34.0 Å². The fourth-order valence-electron chi connectivity index (χ4n) is 2.81. The van der Waals surface area contributed by atoms with Gasteiger partial charge in [0.1, 0.15) is 12.4 Å². The first-order valence-corrected chi connectivity index (χ1v) is 11.1. The summed E-state index contributed by atoms with van der Waals surface area (Å²) in [6.45, 7) is 1.93. The number of carbonyl (C=O) groups excluding carboxylic acids is 2. The van der Waals surface area contributed by atoms with Crippen molar-refractivity contribution in [3.63, 3.8) is 0 Å². The minimum atomic E-state index is -3.68. The Morgan fingerprint density at radius 3 is 2.20 bits per heavy atom. The molecule has 2 aromatic carbocycles. The van der Waals surface area contributed by atoms with E-state index in [1.54, 1.807) is 6.92 Å². The molecule has 0 aliphatic heterocycles. The van der Waals surface area contributed by atoms with Gasteiger partial charge in [0.2, 0.25) is 0 Å². The van der Waals surface area contributed by atoms with Gasteiger partial charge in [-0.05, 0) is 30.2 Å². The molecule has 0 aliphatic rings. The van der Waals surface area contributed by atoms with Gasteiger partial charge in [-0.3, -0.25) is 9.59 Å². The quantitative estimate of drug-likeness (QED) is 0.445. The summed E-state index contributed by atoms with van der Waals surface area (Å²) >= 11 is 0. The van der Waals surface area contributed by atoms with Crippen LogP contribution in [-0.4, -0.2) is 39.3 Å². The molecule has 2 unspecified atom stereocenters. The highest BCUT2D eigenvalue weighted by molar-refractivity contribution is 7.86. The highest BCUT2D eigenvalue weighted by atomic mass is 32.2. The number of rotatable bonds is 10. The lowest BCUT2D eigenvalue weighted by molar-refractivity contribution is -0.148. The molecule has 0 spiro atoms. The van der Waals surface area contributed by atoms with E-state index in [9.17, 15) is 18.0 Å². The van der Waals surface area contributed by atoms with E-state index in [1.165, 1.54) is 24.3 Å². The molecule has 9 heteroatoms. The molecule has 0 fully saturated rings. The van der Waals surface area contributed by atoms with E-state index in [0.29, 0.717) is 5.56 Å². The molecule has 0 amide bonds. The van der Waals surface area contributed by atoms with E-state index in [-0.39, 0.29) is 25.4 Å². The summed E-state index contributed by atoms with van der Waals surface area (Å²) in [6, 6.07) is 14.1. The van der Waals surface area contributed by atoms with Crippen LogP contribution in [-0.2, 0) is 35.8 Å². The van der Waals surface area contributed by atoms with Crippen LogP contribution in [0.2, 0.25) is 0 Å². The number of carbonyl (C=O) groups is 2. The Balaban J connectivity index is 2.21. The molecule has 30 heavy (non-hydrogen) atoms. The maximum absolute atomic E-state index is 12.8. The van der Waals surface area contributed by atoms with Gasteiger partial charge < -0.3 is 19.4 Å². The summed E-state index contributed by atoms with van der Waals surface area (Å²) in [5.74, 6) is -1.99. The van der Waals surface area contributed by atoms with Crippen molar-refractivity contribution in [2.24, 2.45) is 5.73 Å². The molecular weight excluding hydrogens is 410 g/mol. The topological polar surface area (TPSA) is 122 Å². The number of hydrogen-bond acceptors (Lipinski definition) is 8. The van der Waals surface area contributed by atoms with Crippen molar-refractivity contribution in [2.45, 2.75) is 31.9 Å². The molecule has 2 rings (SSSR count). The smallest absolute Gasteiger partial charge is 0.315 e. The summed E-state index contributed by atoms with van der Waals surface area (Å²) < 4.78 is 37.7. The Morgan fingerprint density at radius 2 is 1.63 bits per heavy atom. The van der Waals surface area contributed by atoms with Crippen LogP contribution in [0.4, 0.5) is 0 Å². The van der Waals surface area contributed by atoms with Crippen LogP contribution in [0.1, 0.15) is 30.4 Å². The summed E-state index contributed by atoms with van der Waals surface area (Å²) in [6.07, 6.45) is 0.750. The summed E-state index contributed by atoms with van der Waals surface area (Å²) in [5, 5.41) is 0. The number of hydrogen-bond donors (Lipinski definition) is 1. The molecule has 2 aromatic rings. The average molecular weight is 435 g/mol. The SMILES string of the molecule is CCOC(=O)CC(N)C(C(=O)OCc1ccccc1)c1ccc(OS(C)(=O)=O)cc1. The van der Waals surface area contributed by atoms with Crippen molar-refractivity contribution in [3.05, 3.63) is 65.7 Å². The molecule has 0 saturated heterocycles. The van der Waals surface area contributed by atoms with Gasteiger partial charge in [0, 0.05) is 6.04 Å². The van der Waals surface area contributed by atoms with Crippen molar-refractivity contribution in [1.82, 2.24) is 0 Å². The third kappa shape index (κ3) is 7.49. The second-order valence-electron chi connectivity index (χ2n) is 6.60. The van der Waals surface area contributed by atoms with Crippen LogP contribution in [0, 0.1) is 0 Å². The first kappa shape index (κ1) is 23.4. The fourth-order valence-corrected chi connectivity index (χ4v) is 3.27. The third-order valence-electron chi connectivity index (χ3n) is 4.10. The Bertz CT molecular complexity index is 943. The Kier molecular flexibility index (Phi) is 8.37. The van der Waals surface area contributed by atoms with E-state index in [1.807, 2.05) is 30.3 Å². The maximum Gasteiger partial charge on any atom is 0.315 e. The average Bonchev–Trinajstić information content (AvgIpc) is 2.67. The number of esters is 2. The first-order valence-electron chi connectivity index (χ1n) is 9.30. The summed E-state index contributed by atoms with van der Waals surface area (Å²) in [4.78, 5) is 24.7. The third-order valence-corrected chi connectivity index (χ3v) is 4.60. The second kappa shape index (κ2) is 10.7. The van der Waals surface area contributed by atoms with E-state index in [2.05, 4.69) is 0 Å². The molecule has 0 heterocycles. The molecular formula is C21H25NO7S. The zero-order valence-corrected chi connectivity index (χ0v) is 17.6. The molecule has 8 nitrogen and oxygen atoms in total. The molecule has 162 valence electrons. The monoisotopic (exact) mass is 435 g/mol. The van der Waals surface area contributed by atoms with Gasteiger partial charge >= 0.3 is 22.1 Å². The van der Waals surface area contributed by atoms with Crippen molar-refractivity contribution >= 4 is 22.1 Å². The van der Waals surface area contributed by atoms with E-state index in [0.717, 1.165) is 11.8 Å². The molecule has 2 N–H and O–H groups in total. The second-order valence-corrected chi connectivity index (χ2v) is 8.18.